The van der Waals surface area contributed by atoms with E-state index in [9.17, 15) is 13.6 Å². The molecule has 0 heterocycles. The van der Waals surface area contributed by atoms with Crippen LogP contribution in [0.2, 0.25) is 10.0 Å². The first kappa shape index (κ1) is 18.2. The van der Waals surface area contributed by atoms with Gasteiger partial charge in [-0.1, -0.05) is 48.2 Å². The van der Waals surface area contributed by atoms with Crippen molar-refractivity contribution in [1.29, 1.82) is 0 Å². The minimum Gasteiger partial charge on any atom is -0.349 e. The zero-order valence-electron chi connectivity index (χ0n) is 13.4. The topological polar surface area (TPSA) is 29.1 Å². The lowest BCUT2D eigenvalue weighted by atomic mass is 9.80. The van der Waals surface area contributed by atoms with E-state index in [0.29, 0.717) is 10.0 Å². The normalized spacial score (nSPS) is 20.3. The van der Waals surface area contributed by atoms with E-state index in [1.165, 1.54) is 6.07 Å². The Morgan fingerprint density at radius 2 is 1.72 bits per heavy atom. The van der Waals surface area contributed by atoms with E-state index in [4.69, 9.17) is 23.2 Å². The van der Waals surface area contributed by atoms with E-state index < -0.39 is 23.1 Å². The van der Waals surface area contributed by atoms with Crippen LogP contribution in [0, 0.1) is 11.6 Å². The molecule has 2 aromatic carbocycles. The van der Waals surface area contributed by atoms with Crippen molar-refractivity contribution in [3.63, 3.8) is 0 Å². The summed E-state index contributed by atoms with van der Waals surface area (Å²) in [5.41, 5.74) is 0.346. The van der Waals surface area contributed by atoms with Crippen molar-refractivity contribution < 1.29 is 13.6 Å². The Hall–Kier alpha value is -1.65. The summed E-state index contributed by atoms with van der Waals surface area (Å²) in [6, 6.07) is 8.43. The van der Waals surface area contributed by atoms with Crippen molar-refractivity contribution in [3.8, 4) is 0 Å². The van der Waals surface area contributed by atoms with Gasteiger partial charge in [0.25, 0.3) is 5.91 Å². The quantitative estimate of drug-likeness (QED) is 0.720. The summed E-state index contributed by atoms with van der Waals surface area (Å²) in [5, 5.41) is 3.87. The van der Waals surface area contributed by atoms with Crippen LogP contribution in [0.3, 0.4) is 0 Å². The standard InChI is InChI=1S/C19H17Cl2F2NO/c20-11-8-9-12(14(21)10-11)13-4-1-2-7-17(13)24-19(25)18-15(22)5-3-6-16(18)23/h3,5-6,8-10,13,17H,1-2,4,7H2,(H,24,25)/t13-,17-/m0/s1. The molecule has 0 radical (unpaired) electrons. The molecular weight excluding hydrogens is 367 g/mol. The number of nitrogens with one attached hydrogen (secondary N) is 1. The van der Waals surface area contributed by atoms with Crippen LogP contribution in [0.4, 0.5) is 8.78 Å². The maximum Gasteiger partial charge on any atom is 0.257 e. The van der Waals surface area contributed by atoms with E-state index in [2.05, 4.69) is 5.32 Å². The second-order valence-corrected chi connectivity index (χ2v) is 7.08. The van der Waals surface area contributed by atoms with Gasteiger partial charge in [-0.25, -0.2) is 8.78 Å². The maximum absolute atomic E-state index is 13.8. The van der Waals surface area contributed by atoms with Crippen molar-refractivity contribution in [2.45, 2.75) is 37.6 Å². The van der Waals surface area contributed by atoms with Gasteiger partial charge in [-0.05, 0) is 42.7 Å². The predicted octanol–water partition coefficient (Wildman–Crippen LogP) is 5.73. The van der Waals surface area contributed by atoms with Gasteiger partial charge in [0.15, 0.2) is 0 Å². The van der Waals surface area contributed by atoms with Crippen molar-refractivity contribution in [1.82, 2.24) is 5.32 Å². The Bertz CT molecular complexity index is 777. The lowest BCUT2D eigenvalue weighted by molar-refractivity contribution is 0.0912. The van der Waals surface area contributed by atoms with E-state index in [1.54, 1.807) is 12.1 Å². The molecule has 1 fully saturated rings. The number of hydrogen-bond donors (Lipinski definition) is 1. The second-order valence-electron chi connectivity index (χ2n) is 6.23. The van der Waals surface area contributed by atoms with Gasteiger partial charge in [-0.3, -0.25) is 4.79 Å². The van der Waals surface area contributed by atoms with Crippen LogP contribution in [0.5, 0.6) is 0 Å². The van der Waals surface area contributed by atoms with Gasteiger partial charge in [0.1, 0.15) is 17.2 Å². The summed E-state index contributed by atoms with van der Waals surface area (Å²) in [7, 11) is 0. The lowest BCUT2D eigenvalue weighted by Gasteiger charge is -2.33. The van der Waals surface area contributed by atoms with Crippen molar-refractivity contribution in [3.05, 3.63) is 69.2 Å². The molecule has 1 aliphatic rings. The number of carbonyl (C=O) groups is 1. The first-order valence-electron chi connectivity index (χ1n) is 8.17. The molecule has 2 atom stereocenters. The van der Waals surface area contributed by atoms with Gasteiger partial charge in [-0.15, -0.1) is 0 Å². The molecule has 0 saturated heterocycles. The molecular formula is C19H17Cl2F2NO. The number of hydrogen-bond acceptors (Lipinski definition) is 1. The van der Waals surface area contributed by atoms with Crippen molar-refractivity contribution in [2.75, 3.05) is 0 Å². The Morgan fingerprint density at radius 1 is 1.04 bits per heavy atom. The van der Waals surface area contributed by atoms with E-state index >= 15 is 0 Å². The zero-order chi connectivity index (χ0) is 18.0. The largest absolute Gasteiger partial charge is 0.349 e. The van der Waals surface area contributed by atoms with Crippen LogP contribution >= 0.6 is 23.2 Å². The van der Waals surface area contributed by atoms with Crippen LogP contribution in [-0.4, -0.2) is 11.9 Å². The third-order valence-electron chi connectivity index (χ3n) is 4.63. The summed E-state index contributed by atoms with van der Waals surface area (Å²) >= 11 is 12.3. The highest BCUT2D eigenvalue weighted by Crippen LogP contribution is 2.37. The number of carbonyl (C=O) groups excluding carboxylic acids is 1. The molecule has 1 amide bonds. The highest BCUT2D eigenvalue weighted by Gasteiger charge is 2.30. The Kier molecular flexibility index (Phi) is 5.60. The minimum atomic E-state index is -0.866. The Labute approximate surface area is 155 Å². The molecule has 1 aliphatic carbocycles. The van der Waals surface area contributed by atoms with E-state index in [0.717, 1.165) is 43.4 Å². The van der Waals surface area contributed by atoms with Gasteiger partial charge >= 0.3 is 0 Å². The van der Waals surface area contributed by atoms with E-state index in [1.807, 2.05) is 6.07 Å². The number of benzene rings is 2. The van der Waals surface area contributed by atoms with Gasteiger partial charge in [0, 0.05) is 22.0 Å². The predicted molar refractivity (Wildman–Crippen MR) is 95.3 cm³/mol. The molecule has 25 heavy (non-hydrogen) atoms. The van der Waals surface area contributed by atoms with Gasteiger partial charge < -0.3 is 5.32 Å². The fraction of sp³-hybridized carbons (Fsp3) is 0.316. The average molecular weight is 384 g/mol. The van der Waals surface area contributed by atoms with Crippen LogP contribution in [0.1, 0.15) is 47.5 Å². The van der Waals surface area contributed by atoms with Crippen LogP contribution in [0.15, 0.2) is 36.4 Å². The van der Waals surface area contributed by atoms with Crippen molar-refractivity contribution in [2.24, 2.45) is 0 Å². The molecule has 132 valence electrons. The van der Waals surface area contributed by atoms with Crippen LogP contribution in [-0.2, 0) is 0 Å². The van der Waals surface area contributed by atoms with Crippen LogP contribution < -0.4 is 5.32 Å². The second kappa shape index (κ2) is 7.71. The van der Waals surface area contributed by atoms with Gasteiger partial charge in [0.05, 0.1) is 0 Å². The van der Waals surface area contributed by atoms with E-state index in [-0.39, 0.29) is 12.0 Å². The monoisotopic (exact) mass is 383 g/mol. The lowest BCUT2D eigenvalue weighted by Crippen LogP contribution is -2.41. The molecule has 0 spiro atoms. The number of amides is 1. The third kappa shape index (κ3) is 3.96. The summed E-state index contributed by atoms with van der Waals surface area (Å²) in [5.74, 6) is -2.49. The summed E-state index contributed by atoms with van der Waals surface area (Å²) in [6.07, 6.45) is 3.51. The fourth-order valence-corrected chi connectivity index (χ4v) is 3.98. The smallest absolute Gasteiger partial charge is 0.257 e. The highest BCUT2D eigenvalue weighted by atomic mass is 35.5. The van der Waals surface area contributed by atoms with Crippen LogP contribution in [0.25, 0.3) is 0 Å². The molecule has 6 heteroatoms. The molecule has 0 aliphatic heterocycles. The summed E-state index contributed by atoms with van der Waals surface area (Å²) in [4.78, 5) is 12.4. The van der Waals surface area contributed by atoms with Gasteiger partial charge in [0.2, 0.25) is 0 Å². The molecule has 1 saturated carbocycles. The zero-order valence-corrected chi connectivity index (χ0v) is 14.9. The third-order valence-corrected chi connectivity index (χ3v) is 5.20. The Balaban J connectivity index is 1.85. The summed E-state index contributed by atoms with van der Waals surface area (Å²) in [6.45, 7) is 0. The summed E-state index contributed by atoms with van der Waals surface area (Å²) < 4.78 is 27.7. The Morgan fingerprint density at radius 3 is 2.40 bits per heavy atom. The fourth-order valence-electron chi connectivity index (χ4n) is 3.43. The molecule has 0 bridgehead atoms. The van der Waals surface area contributed by atoms with Gasteiger partial charge in [-0.2, -0.15) is 0 Å². The average Bonchev–Trinajstić information content (AvgIpc) is 2.55. The number of rotatable bonds is 3. The first-order chi connectivity index (χ1) is 12.0. The molecule has 1 N–H and O–H groups in total. The highest BCUT2D eigenvalue weighted by molar-refractivity contribution is 6.35. The van der Waals surface area contributed by atoms with Crippen molar-refractivity contribution >= 4 is 29.1 Å². The number of halogens is 4. The molecule has 2 nitrogen and oxygen atoms in total. The molecule has 2 aromatic rings. The SMILES string of the molecule is O=C(N[C@H]1CCCC[C@H]1c1ccc(Cl)cc1Cl)c1c(F)cccc1F. The first-order valence-corrected chi connectivity index (χ1v) is 8.93. The molecule has 3 rings (SSSR count). The minimum absolute atomic E-state index is 0.0164. The molecule has 0 unspecified atom stereocenters. The molecule has 0 aromatic heterocycles. The maximum atomic E-state index is 13.8.